The van der Waals surface area contributed by atoms with Gasteiger partial charge in [0, 0.05) is 13.2 Å². The predicted octanol–water partition coefficient (Wildman–Crippen LogP) is 2.03. The van der Waals surface area contributed by atoms with Gasteiger partial charge < -0.3 is 23.8 Å². The third kappa shape index (κ3) is 6.22. The Labute approximate surface area is 154 Å². The highest BCUT2D eigenvalue weighted by molar-refractivity contribution is 5.81. The summed E-state index contributed by atoms with van der Waals surface area (Å²) in [5, 5.41) is 0. The van der Waals surface area contributed by atoms with E-state index in [-0.39, 0.29) is 18.3 Å². The van der Waals surface area contributed by atoms with Crippen molar-refractivity contribution in [3.8, 4) is 11.5 Å². The van der Waals surface area contributed by atoms with Crippen LogP contribution in [0.4, 0.5) is 0 Å². The molecule has 1 atom stereocenters. The first-order valence-corrected chi connectivity index (χ1v) is 8.97. The van der Waals surface area contributed by atoms with Crippen molar-refractivity contribution in [2.45, 2.75) is 32.3 Å². The molecule has 2 rings (SSSR count). The van der Waals surface area contributed by atoms with Crippen molar-refractivity contribution in [1.29, 1.82) is 0 Å². The van der Waals surface area contributed by atoms with Crippen LogP contribution < -0.4 is 9.47 Å². The molecular weight excluding hydrogens is 338 g/mol. The number of carbonyl (C=O) groups is 2. The van der Waals surface area contributed by atoms with Crippen LogP contribution in [0.2, 0.25) is 0 Å². The van der Waals surface area contributed by atoms with E-state index in [4.69, 9.17) is 18.9 Å². The summed E-state index contributed by atoms with van der Waals surface area (Å²) in [5.74, 6) is 1.04. The third-order valence-electron chi connectivity index (χ3n) is 4.10. The van der Waals surface area contributed by atoms with Crippen molar-refractivity contribution in [2.75, 3.05) is 40.0 Å². The first-order valence-electron chi connectivity index (χ1n) is 8.97. The number of esters is 1. The molecule has 0 aliphatic carbocycles. The Kier molecular flexibility index (Phi) is 8.21. The lowest BCUT2D eigenvalue weighted by atomic mass is 10.2. The number of benzene rings is 1. The van der Waals surface area contributed by atoms with Crippen LogP contribution in [-0.4, -0.2) is 62.9 Å². The Morgan fingerprint density at radius 3 is 2.54 bits per heavy atom. The average molecular weight is 365 g/mol. The fraction of sp³-hybridized carbons (Fsp3) is 0.579. The first kappa shape index (κ1) is 20.0. The molecule has 7 nitrogen and oxygen atoms in total. The molecule has 0 bridgehead atoms. The topological polar surface area (TPSA) is 74.3 Å². The monoisotopic (exact) mass is 365 g/mol. The van der Waals surface area contributed by atoms with Gasteiger partial charge in [-0.3, -0.25) is 9.59 Å². The maximum Gasteiger partial charge on any atom is 0.307 e. The minimum Gasteiger partial charge on any atom is -0.497 e. The van der Waals surface area contributed by atoms with E-state index in [0.717, 1.165) is 12.2 Å². The summed E-state index contributed by atoms with van der Waals surface area (Å²) in [7, 11) is 1.61. The van der Waals surface area contributed by atoms with Gasteiger partial charge in [0.15, 0.2) is 0 Å². The van der Waals surface area contributed by atoms with Crippen LogP contribution in [-0.2, 0) is 19.1 Å². The van der Waals surface area contributed by atoms with E-state index in [9.17, 15) is 9.59 Å². The summed E-state index contributed by atoms with van der Waals surface area (Å²) < 4.78 is 21.2. The minimum absolute atomic E-state index is 0.0925. The number of rotatable bonds is 10. The van der Waals surface area contributed by atoms with Gasteiger partial charge in [0.25, 0.3) is 5.91 Å². The van der Waals surface area contributed by atoms with E-state index in [1.807, 2.05) is 24.3 Å². The number of methoxy groups -OCH3 is 1. The van der Waals surface area contributed by atoms with Crippen LogP contribution in [0.3, 0.4) is 0 Å². The molecule has 26 heavy (non-hydrogen) atoms. The van der Waals surface area contributed by atoms with Crippen LogP contribution in [0.15, 0.2) is 24.3 Å². The van der Waals surface area contributed by atoms with Gasteiger partial charge in [-0.05, 0) is 44.0 Å². The van der Waals surface area contributed by atoms with Crippen molar-refractivity contribution in [3.63, 3.8) is 0 Å². The van der Waals surface area contributed by atoms with Gasteiger partial charge in [-0.15, -0.1) is 0 Å². The van der Waals surface area contributed by atoms with Crippen molar-refractivity contribution >= 4 is 11.9 Å². The zero-order valence-corrected chi connectivity index (χ0v) is 15.4. The maximum atomic E-state index is 12.6. The zero-order valence-electron chi connectivity index (χ0n) is 15.4. The number of hydrogen-bond acceptors (Lipinski definition) is 6. The lowest BCUT2D eigenvalue weighted by Gasteiger charge is -2.25. The van der Waals surface area contributed by atoms with E-state index < -0.39 is 6.10 Å². The molecule has 1 aliphatic rings. The lowest BCUT2D eigenvalue weighted by Crippen LogP contribution is -2.42. The van der Waals surface area contributed by atoms with Crippen molar-refractivity contribution < 1.29 is 28.5 Å². The number of nitrogens with zero attached hydrogens (tertiary/aromatic N) is 1. The summed E-state index contributed by atoms with van der Waals surface area (Å²) in [6.45, 7) is 3.70. The zero-order chi connectivity index (χ0) is 18.8. The third-order valence-corrected chi connectivity index (χ3v) is 4.10. The molecule has 0 radical (unpaired) electrons. The molecule has 1 aromatic rings. The molecule has 1 saturated heterocycles. The van der Waals surface area contributed by atoms with Gasteiger partial charge in [-0.25, -0.2) is 0 Å². The van der Waals surface area contributed by atoms with Crippen LogP contribution in [0.25, 0.3) is 0 Å². The molecule has 1 aliphatic heterocycles. The highest BCUT2D eigenvalue weighted by atomic mass is 16.5. The van der Waals surface area contributed by atoms with Gasteiger partial charge >= 0.3 is 5.97 Å². The SMILES string of the molecule is CCOC(=O)CCN(CCOc1ccc(OC)cc1)C(=O)C1CCCO1. The molecule has 0 spiro atoms. The van der Waals surface area contributed by atoms with Gasteiger partial charge in [0.05, 0.1) is 26.7 Å². The molecule has 1 heterocycles. The minimum atomic E-state index is -0.418. The predicted molar refractivity (Wildman–Crippen MR) is 95.3 cm³/mol. The smallest absolute Gasteiger partial charge is 0.307 e. The number of carbonyl (C=O) groups excluding carboxylic acids is 2. The highest BCUT2D eigenvalue weighted by Crippen LogP contribution is 2.18. The Bertz CT molecular complexity index is 568. The van der Waals surface area contributed by atoms with Gasteiger partial charge in [0.2, 0.25) is 0 Å². The maximum absolute atomic E-state index is 12.6. The molecule has 1 unspecified atom stereocenters. The van der Waals surface area contributed by atoms with E-state index in [0.29, 0.717) is 45.1 Å². The summed E-state index contributed by atoms with van der Waals surface area (Å²) in [5.41, 5.74) is 0. The average Bonchev–Trinajstić information content (AvgIpc) is 3.19. The van der Waals surface area contributed by atoms with Gasteiger partial charge in [0.1, 0.15) is 24.2 Å². The normalized spacial score (nSPS) is 16.2. The Hall–Kier alpha value is -2.28. The van der Waals surface area contributed by atoms with E-state index >= 15 is 0 Å². The summed E-state index contributed by atoms with van der Waals surface area (Å²) in [6.07, 6.45) is 1.34. The second-order valence-electron chi connectivity index (χ2n) is 5.91. The molecule has 144 valence electrons. The van der Waals surface area contributed by atoms with Crippen LogP contribution >= 0.6 is 0 Å². The molecule has 0 aromatic heterocycles. The van der Waals surface area contributed by atoms with E-state index in [1.165, 1.54) is 0 Å². The highest BCUT2D eigenvalue weighted by Gasteiger charge is 2.28. The van der Waals surface area contributed by atoms with Crippen LogP contribution in [0, 0.1) is 0 Å². The number of amides is 1. The Morgan fingerprint density at radius 2 is 1.92 bits per heavy atom. The molecule has 0 saturated carbocycles. The Morgan fingerprint density at radius 1 is 1.19 bits per heavy atom. The summed E-state index contributed by atoms with van der Waals surface area (Å²) >= 11 is 0. The molecule has 1 fully saturated rings. The van der Waals surface area contributed by atoms with Gasteiger partial charge in [-0.1, -0.05) is 0 Å². The second-order valence-corrected chi connectivity index (χ2v) is 5.91. The quantitative estimate of drug-likeness (QED) is 0.591. The Balaban J connectivity index is 1.86. The van der Waals surface area contributed by atoms with E-state index in [2.05, 4.69) is 0 Å². The summed E-state index contributed by atoms with van der Waals surface area (Å²) in [6, 6.07) is 7.24. The molecule has 1 amide bonds. The lowest BCUT2D eigenvalue weighted by molar-refractivity contribution is -0.146. The van der Waals surface area contributed by atoms with Gasteiger partial charge in [-0.2, -0.15) is 0 Å². The first-order chi connectivity index (χ1) is 12.6. The molecular formula is C19H27NO6. The van der Waals surface area contributed by atoms with Crippen LogP contribution in [0.5, 0.6) is 11.5 Å². The summed E-state index contributed by atoms with van der Waals surface area (Å²) in [4.78, 5) is 25.9. The van der Waals surface area contributed by atoms with Crippen molar-refractivity contribution in [2.24, 2.45) is 0 Å². The van der Waals surface area contributed by atoms with E-state index in [1.54, 1.807) is 18.9 Å². The number of ether oxygens (including phenoxy) is 4. The molecule has 1 aromatic carbocycles. The standard InChI is InChI=1S/C19H27NO6/c1-3-24-18(21)10-11-20(19(22)17-5-4-13-26-17)12-14-25-16-8-6-15(23-2)7-9-16/h6-9,17H,3-5,10-14H2,1-2H3. The molecule has 0 N–H and O–H groups in total. The fourth-order valence-corrected chi connectivity index (χ4v) is 2.71. The largest absolute Gasteiger partial charge is 0.497 e. The van der Waals surface area contributed by atoms with Crippen LogP contribution in [0.1, 0.15) is 26.2 Å². The van der Waals surface area contributed by atoms with Crippen molar-refractivity contribution in [3.05, 3.63) is 24.3 Å². The number of hydrogen-bond donors (Lipinski definition) is 0. The molecule has 7 heteroatoms. The second kappa shape index (κ2) is 10.7. The fourth-order valence-electron chi connectivity index (χ4n) is 2.71. The van der Waals surface area contributed by atoms with Crippen molar-refractivity contribution in [1.82, 2.24) is 4.90 Å².